The van der Waals surface area contributed by atoms with Gasteiger partial charge in [0.15, 0.2) is 6.61 Å². The van der Waals surface area contributed by atoms with Gasteiger partial charge in [0.1, 0.15) is 5.75 Å². The van der Waals surface area contributed by atoms with E-state index in [0.717, 1.165) is 29.7 Å². The van der Waals surface area contributed by atoms with E-state index in [1.54, 1.807) is 29.2 Å². The van der Waals surface area contributed by atoms with Gasteiger partial charge in [0, 0.05) is 18.7 Å². The summed E-state index contributed by atoms with van der Waals surface area (Å²) in [4.78, 5) is 39.1. The van der Waals surface area contributed by atoms with E-state index in [-0.39, 0.29) is 18.9 Å². The van der Waals surface area contributed by atoms with Crippen molar-refractivity contribution in [2.75, 3.05) is 30.5 Å². The normalized spacial score (nSPS) is 15.6. The first-order chi connectivity index (χ1) is 15.0. The third-order valence-electron chi connectivity index (χ3n) is 5.42. The Kier molecular flexibility index (Phi) is 7.28. The van der Waals surface area contributed by atoms with Crippen LogP contribution in [0.25, 0.3) is 0 Å². The molecule has 0 saturated carbocycles. The lowest BCUT2D eigenvalue weighted by atomic mass is 10.0. The van der Waals surface area contributed by atoms with E-state index in [0.29, 0.717) is 11.4 Å². The summed E-state index contributed by atoms with van der Waals surface area (Å²) >= 11 is 0. The van der Waals surface area contributed by atoms with Gasteiger partial charge in [-0.05, 0) is 36.1 Å². The van der Waals surface area contributed by atoms with Crippen LogP contribution in [-0.4, -0.2) is 38.0 Å². The molecule has 1 N–H and O–H groups in total. The molecule has 7 heteroatoms. The fourth-order valence-corrected chi connectivity index (χ4v) is 3.83. The number of para-hydroxylation sites is 3. The molecule has 0 spiro atoms. The molecule has 2 aromatic rings. The van der Waals surface area contributed by atoms with E-state index in [2.05, 4.69) is 5.32 Å². The Balaban J connectivity index is 1.62. The van der Waals surface area contributed by atoms with Gasteiger partial charge in [0.25, 0.3) is 5.91 Å². The zero-order valence-electron chi connectivity index (χ0n) is 18.1. The highest BCUT2D eigenvalue weighted by Gasteiger charge is 2.37. The molecular formula is C24H28N2O5. The number of hydrogen-bond acceptors (Lipinski definition) is 5. The van der Waals surface area contributed by atoms with Crippen molar-refractivity contribution in [1.29, 1.82) is 0 Å². The predicted molar refractivity (Wildman–Crippen MR) is 118 cm³/mol. The van der Waals surface area contributed by atoms with Crippen molar-refractivity contribution in [3.63, 3.8) is 0 Å². The number of nitrogens with one attached hydrogen (secondary N) is 1. The van der Waals surface area contributed by atoms with Crippen LogP contribution in [-0.2, 0) is 32.0 Å². The van der Waals surface area contributed by atoms with E-state index >= 15 is 0 Å². The maximum atomic E-state index is 12.7. The van der Waals surface area contributed by atoms with Gasteiger partial charge < -0.3 is 19.7 Å². The fraction of sp³-hybridized carbons (Fsp3) is 0.375. The summed E-state index contributed by atoms with van der Waals surface area (Å²) in [6, 6.07) is 13.0. The Bertz CT molecular complexity index is 950. The van der Waals surface area contributed by atoms with Gasteiger partial charge in [0.2, 0.25) is 5.91 Å². The highest BCUT2D eigenvalue weighted by molar-refractivity contribution is 6.01. The number of amides is 2. The Hall–Kier alpha value is -3.35. The first-order valence-electron chi connectivity index (χ1n) is 10.5. The molecule has 164 valence electrons. The van der Waals surface area contributed by atoms with Crippen LogP contribution in [0.15, 0.2) is 42.5 Å². The van der Waals surface area contributed by atoms with Gasteiger partial charge in [-0.3, -0.25) is 14.4 Å². The molecule has 1 atom stereocenters. The number of rotatable bonds is 8. The first-order valence-corrected chi connectivity index (χ1v) is 10.5. The number of methoxy groups -OCH3 is 1. The first kappa shape index (κ1) is 22.3. The smallest absolute Gasteiger partial charge is 0.311 e. The molecule has 31 heavy (non-hydrogen) atoms. The largest absolute Gasteiger partial charge is 0.495 e. The molecule has 1 saturated heterocycles. The summed E-state index contributed by atoms with van der Waals surface area (Å²) in [5.41, 5.74) is 3.56. The summed E-state index contributed by atoms with van der Waals surface area (Å²) in [6.07, 6.45) is 1.67. The summed E-state index contributed by atoms with van der Waals surface area (Å²) < 4.78 is 10.4. The summed E-state index contributed by atoms with van der Waals surface area (Å²) in [6.45, 7) is 3.93. The second-order valence-corrected chi connectivity index (χ2v) is 7.39. The van der Waals surface area contributed by atoms with Gasteiger partial charge in [0.05, 0.1) is 18.7 Å². The summed E-state index contributed by atoms with van der Waals surface area (Å²) in [5, 5.41) is 2.66. The molecule has 1 fully saturated rings. The van der Waals surface area contributed by atoms with Gasteiger partial charge >= 0.3 is 5.97 Å². The molecule has 0 bridgehead atoms. The van der Waals surface area contributed by atoms with Crippen LogP contribution in [0.3, 0.4) is 0 Å². The van der Waals surface area contributed by atoms with Crippen LogP contribution in [0.1, 0.15) is 31.4 Å². The molecule has 1 aliphatic rings. The van der Waals surface area contributed by atoms with Crippen molar-refractivity contribution < 1.29 is 23.9 Å². The topological polar surface area (TPSA) is 84.9 Å². The zero-order valence-corrected chi connectivity index (χ0v) is 18.1. The standard InChI is InChI=1S/C24H28N2O5/c1-4-16-9-8-10-17(5-2)23(16)26-14-18(13-22(26)28)24(29)31-15-21(27)25-19-11-6-7-12-20(19)30-3/h6-12,18H,4-5,13-15H2,1-3H3,(H,25,27)/t18-/m1/s1. The third kappa shape index (κ3) is 5.05. The maximum absolute atomic E-state index is 12.7. The molecule has 1 heterocycles. The van der Waals surface area contributed by atoms with E-state index in [1.807, 2.05) is 32.0 Å². The fourth-order valence-electron chi connectivity index (χ4n) is 3.83. The lowest BCUT2D eigenvalue weighted by Crippen LogP contribution is -2.29. The third-order valence-corrected chi connectivity index (χ3v) is 5.42. The Morgan fingerprint density at radius 2 is 1.74 bits per heavy atom. The van der Waals surface area contributed by atoms with Crippen LogP contribution in [0, 0.1) is 5.92 Å². The number of ether oxygens (including phenoxy) is 2. The van der Waals surface area contributed by atoms with Crippen LogP contribution in [0.2, 0.25) is 0 Å². The van der Waals surface area contributed by atoms with Crippen LogP contribution in [0.5, 0.6) is 5.75 Å². The van der Waals surface area contributed by atoms with Crippen molar-refractivity contribution in [3.05, 3.63) is 53.6 Å². The number of nitrogens with zero attached hydrogens (tertiary/aromatic N) is 1. The minimum Gasteiger partial charge on any atom is -0.495 e. The van der Waals surface area contributed by atoms with E-state index < -0.39 is 24.4 Å². The molecule has 1 aliphatic heterocycles. The summed E-state index contributed by atoms with van der Waals surface area (Å²) in [5.74, 6) is -1.19. The van der Waals surface area contributed by atoms with Crippen LogP contribution >= 0.6 is 0 Å². The summed E-state index contributed by atoms with van der Waals surface area (Å²) in [7, 11) is 1.51. The maximum Gasteiger partial charge on any atom is 0.311 e. The minimum atomic E-state index is -0.596. The van der Waals surface area contributed by atoms with Crippen LogP contribution < -0.4 is 15.0 Å². The second kappa shape index (κ2) is 10.1. The minimum absolute atomic E-state index is 0.0775. The van der Waals surface area contributed by atoms with Crippen LogP contribution in [0.4, 0.5) is 11.4 Å². The van der Waals surface area contributed by atoms with Gasteiger partial charge in [-0.2, -0.15) is 0 Å². The number of hydrogen-bond donors (Lipinski definition) is 1. The Labute approximate surface area is 182 Å². The van der Waals surface area contributed by atoms with E-state index in [9.17, 15) is 14.4 Å². The molecule has 3 rings (SSSR count). The average Bonchev–Trinajstić information content (AvgIpc) is 3.18. The van der Waals surface area contributed by atoms with Gasteiger partial charge in [-0.1, -0.05) is 44.2 Å². The molecule has 2 amide bonds. The molecule has 0 unspecified atom stereocenters. The van der Waals surface area contributed by atoms with Gasteiger partial charge in [-0.25, -0.2) is 0 Å². The number of anilines is 2. The number of carbonyl (C=O) groups is 3. The Morgan fingerprint density at radius 1 is 1.06 bits per heavy atom. The van der Waals surface area contributed by atoms with Crippen molar-refractivity contribution >= 4 is 29.2 Å². The molecule has 0 radical (unpaired) electrons. The highest BCUT2D eigenvalue weighted by Crippen LogP contribution is 2.32. The number of esters is 1. The van der Waals surface area contributed by atoms with Crippen molar-refractivity contribution in [1.82, 2.24) is 0 Å². The monoisotopic (exact) mass is 424 g/mol. The van der Waals surface area contributed by atoms with E-state index in [1.165, 1.54) is 7.11 Å². The number of benzene rings is 2. The molecule has 0 aromatic heterocycles. The highest BCUT2D eigenvalue weighted by atomic mass is 16.5. The van der Waals surface area contributed by atoms with Crippen molar-refractivity contribution in [3.8, 4) is 5.75 Å². The molecular weight excluding hydrogens is 396 g/mol. The van der Waals surface area contributed by atoms with E-state index in [4.69, 9.17) is 9.47 Å². The van der Waals surface area contributed by atoms with Crippen molar-refractivity contribution in [2.45, 2.75) is 33.1 Å². The predicted octanol–water partition coefficient (Wildman–Crippen LogP) is 3.35. The number of aryl methyl sites for hydroxylation is 2. The zero-order chi connectivity index (χ0) is 22.4. The van der Waals surface area contributed by atoms with Crippen molar-refractivity contribution in [2.24, 2.45) is 5.92 Å². The Morgan fingerprint density at radius 3 is 2.39 bits per heavy atom. The average molecular weight is 424 g/mol. The second-order valence-electron chi connectivity index (χ2n) is 7.39. The molecule has 2 aromatic carbocycles. The molecule has 7 nitrogen and oxygen atoms in total. The number of carbonyl (C=O) groups excluding carboxylic acids is 3. The SMILES string of the molecule is CCc1cccc(CC)c1N1C[C@H](C(=O)OCC(=O)Nc2ccccc2OC)CC1=O. The lowest BCUT2D eigenvalue weighted by molar-refractivity contribution is -0.151. The quantitative estimate of drug-likeness (QED) is 0.657. The molecule has 0 aliphatic carbocycles. The lowest BCUT2D eigenvalue weighted by Gasteiger charge is -2.23. The van der Waals surface area contributed by atoms with Gasteiger partial charge in [-0.15, -0.1) is 0 Å².